The van der Waals surface area contributed by atoms with Crippen LogP contribution in [0, 0.1) is 5.82 Å². The zero-order valence-electron chi connectivity index (χ0n) is 15.2. The number of nitrogens with zero attached hydrogens (tertiary/aromatic N) is 5. The molecule has 1 unspecified atom stereocenters. The van der Waals surface area contributed by atoms with Crippen molar-refractivity contribution in [2.24, 2.45) is 7.05 Å². The van der Waals surface area contributed by atoms with Gasteiger partial charge in [-0.15, -0.1) is 0 Å². The number of halogens is 1. The highest BCUT2D eigenvalue weighted by atomic mass is 19.1. The number of carbonyl (C=O) groups excluding carboxylic acids is 2. The highest BCUT2D eigenvalue weighted by Gasteiger charge is 2.37. The molecule has 3 heterocycles. The number of aryl methyl sites for hydroxylation is 1. The van der Waals surface area contributed by atoms with Crippen molar-refractivity contribution >= 4 is 17.5 Å². The molecule has 1 atom stereocenters. The first-order valence-electron chi connectivity index (χ1n) is 8.90. The molecule has 0 spiro atoms. The zero-order valence-corrected chi connectivity index (χ0v) is 15.2. The van der Waals surface area contributed by atoms with Crippen LogP contribution in [0.3, 0.4) is 0 Å². The van der Waals surface area contributed by atoms with Crippen molar-refractivity contribution in [3.8, 4) is 5.69 Å². The summed E-state index contributed by atoms with van der Waals surface area (Å²) >= 11 is 0. The van der Waals surface area contributed by atoms with E-state index in [1.54, 1.807) is 30.1 Å². The van der Waals surface area contributed by atoms with Gasteiger partial charge in [-0.1, -0.05) is 6.07 Å². The molecule has 1 fully saturated rings. The van der Waals surface area contributed by atoms with Crippen molar-refractivity contribution in [1.29, 1.82) is 0 Å². The molecular formula is C19H19FN6O2. The third-order valence-corrected chi connectivity index (χ3v) is 4.87. The summed E-state index contributed by atoms with van der Waals surface area (Å²) in [4.78, 5) is 27.4. The predicted molar refractivity (Wildman–Crippen MR) is 99.5 cm³/mol. The minimum absolute atomic E-state index is 0.118. The molecule has 2 aromatic heterocycles. The van der Waals surface area contributed by atoms with Gasteiger partial charge in [0.2, 0.25) is 0 Å². The third kappa shape index (κ3) is 3.04. The van der Waals surface area contributed by atoms with Crippen molar-refractivity contribution in [1.82, 2.24) is 24.5 Å². The highest BCUT2D eigenvalue weighted by molar-refractivity contribution is 6.06. The largest absolute Gasteiger partial charge is 0.383 e. The molecule has 0 radical (unpaired) electrons. The Morgan fingerprint density at radius 3 is 2.82 bits per heavy atom. The number of anilines is 1. The number of rotatable bonds is 4. The van der Waals surface area contributed by atoms with Crippen LogP contribution in [0.15, 0.2) is 42.7 Å². The molecule has 0 bridgehead atoms. The maximum Gasteiger partial charge on any atom is 0.274 e. The number of amides is 1. The van der Waals surface area contributed by atoms with Crippen LogP contribution < -0.4 is 5.73 Å². The fourth-order valence-electron chi connectivity index (χ4n) is 3.50. The van der Waals surface area contributed by atoms with Crippen LogP contribution in [0.5, 0.6) is 0 Å². The number of ketones is 1. The van der Waals surface area contributed by atoms with Crippen LogP contribution >= 0.6 is 0 Å². The molecule has 1 saturated heterocycles. The first-order valence-corrected chi connectivity index (χ1v) is 8.90. The average Bonchev–Trinajstić information content (AvgIpc) is 3.40. The molecule has 8 nitrogen and oxygen atoms in total. The lowest BCUT2D eigenvalue weighted by Crippen LogP contribution is -2.41. The van der Waals surface area contributed by atoms with Gasteiger partial charge in [-0.05, 0) is 37.1 Å². The lowest BCUT2D eigenvalue weighted by molar-refractivity contribution is 0.0667. The molecule has 144 valence electrons. The number of nitrogens with two attached hydrogens (primary N) is 1. The molecule has 0 aliphatic carbocycles. The van der Waals surface area contributed by atoms with Crippen molar-refractivity contribution in [3.05, 3.63) is 59.8 Å². The lowest BCUT2D eigenvalue weighted by atomic mass is 10.0. The second-order valence-electron chi connectivity index (χ2n) is 6.73. The fraction of sp³-hybridized carbons (Fsp3) is 0.263. The van der Waals surface area contributed by atoms with Crippen LogP contribution in [0.4, 0.5) is 10.2 Å². The van der Waals surface area contributed by atoms with Crippen LogP contribution in [-0.4, -0.2) is 48.7 Å². The van der Waals surface area contributed by atoms with E-state index in [2.05, 4.69) is 10.2 Å². The summed E-state index contributed by atoms with van der Waals surface area (Å²) in [5, 5.41) is 8.26. The smallest absolute Gasteiger partial charge is 0.274 e. The van der Waals surface area contributed by atoms with Crippen molar-refractivity contribution in [2.45, 2.75) is 18.9 Å². The van der Waals surface area contributed by atoms with Gasteiger partial charge < -0.3 is 10.6 Å². The Bertz CT molecular complexity index is 1060. The number of hydrogen-bond acceptors (Lipinski definition) is 5. The van der Waals surface area contributed by atoms with Gasteiger partial charge in [-0.3, -0.25) is 14.3 Å². The summed E-state index contributed by atoms with van der Waals surface area (Å²) in [6.45, 7) is 0.476. The van der Waals surface area contributed by atoms with Gasteiger partial charge >= 0.3 is 0 Å². The second-order valence-corrected chi connectivity index (χ2v) is 6.73. The van der Waals surface area contributed by atoms with E-state index < -0.39 is 11.9 Å². The minimum atomic E-state index is -0.623. The van der Waals surface area contributed by atoms with Gasteiger partial charge in [0.05, 0.1) is 23.5 Å². The highest BCUT2D eigenvalue weighted by Crippen LogP contribution is 2.26. The zero-order chi connectivity index (χ0) is 19.8. The Labute approximate surface area is 160 Å². The molecule has 1 amide bonds. The van der Waals surface area contributed by atoms with E-state index in [1.807, 2.05) is 0 Å². The van der Waals surface area contributed by atoms with E-state index in [9.17, 15) is 14.0 Å². The van der Waals surface area contributed by atoms with Crippen LogP contribution in [-0.2, 0) is 7.05 Å². The summed E-state index contributed by atoms with van der Waals surface area (Å²) in [7, 11) is 1.73. The number of hydrogen-bond donors (Lipinski definition) is 1. The molecule has 3 aromatic rings. The topological polar surface area (TPSA) is 99.0 Å². The van der Waals surface area contributed by atoms with Crippen molar-refractivity contribution in [3.63, 3.8) is 0 Å². The van der Waals surface area contributed by atoms with E-state index in [1.165, 1.54) is 34.0 Å². The summed E-state index contributed by atoms with van der Waals surface area (Å²) < 4.78 is 16.4. The summed E-state index contributed by atoms with van der Waals surface area (Å²) in [6, 6.07) is 6.78. The summed E-state index contributed by atoms with van der Waals surface area (Å²) in [5.41, 5.74) is 7.06. The molecule has 1 aromatic carbocycles. The maximum absolute atomic E-state index is 13.5. The van der Waals surface area contributed by atoms with Crippen LogP contribution in [0.25, 0.3) is 5.69 Å². The van der Waals surface area contributed by atoms with Gasteiger partial charge in [0.1, 0.15) is 17.3 Å². The first kappa shape index (κ1) is 17.9. The third-order valence-electron chi connectivity index (χ3n) is 4.87. The van der Waals surface area contributed by atoms with Gasteiger partial charge in [-0.2, -0.15) is 10.2 Å². The van der Waals surface area contributed by atoms with Gasteiger partial charge in [0.15, 0.2) is 5.78 Å². The predicted octanol–water partition coefficient (Wildman–Crippen LogP) is 1.81. The Kier molecular flexibility index (Phi) is 4.42. The van der Waals surface area contributed by atoms with Crippen LogP contribution in [0.1, 0.15) is 33.7 Å². The SMILES string of the molecule is Cn1ccc(C(=O)N2CCCC2C(=O)c2cnn(-c3cccc(F)c3)c2N)n1. The lowest BCUT2D eigenvalue weighted by Gasteiger charge is -2.22. The van der Waals surface area contributed by atoms with E-state index in [4.69, 9.17) is 5.73 Å². The van der Waals surface area contributed by atoms with Crippen molar-refractivity contribution in [2.75, 3.05) is 12.3 Å². The van der Waals surface area contributed by atoms with Gasteiger partial charge in [0, 0.05) is 19.8 Å². The quantitative estimate of drug-likeness (QED) is 0.694. The molecule has 2 N–H and O–H groups in total. The monoisotopic (exact) mass is 382 g/mol. The Morgan fingerprint density at radius 2 is 2.11 bits per heavy atom. The summed E-state index contributed by atoms with van der Waals surface area (Å²) in [5.74, 6) is -0.870. The standard InChI is InChI=1S/C19H19FN6O2/c1-24-9-7-15(23-24)19(28)25-8-3-6-16(25)17(27)14-11-22-26(18(14)21)13-5-2-4-12(20)10-13/h2,4-5,7,9-11,16H,3,6,8,21H2,1H3. The molecule has 28 heavy (non-hydrogen) atoms. The number of likely N-dealkylation sites (tertiary alicyclic amines) is 1. The van der Waals surface area contributed by atoms with Gasteiger partial charge in [-0.25, -0.2) is 9.07 Å². The van der Waals surface area contributed by atoms with E-state index >= 15 is 0 Å². The summed E-state index contributed by atoms with van der Waals surface area (Å²) in [6.07, 6.45) is 4.31. The van der Waals surface area contributed by atoms with Crippen LogP contribution in [0.2, 0.25) is 0 Å². The second kappa shape index (κ2) is 6.91. The molecule has 0 saturated carbocycles. The minimum Gasteiger partial charge on any atom is -0.383 e. The van der Waals surface area contributed by atoms with E-state index in [-0.39, 0.29) is 23.1 Å². The number of benzene rings is 1. The molecule has 1 aliphatic rings. The Morgan fingerprint density at radius 1 is 1.29 bits per heavy atom. The molecule has 4 rings (SSSR count). The molecule has 1 aliphatic heterocycles. The number of Topliss-reactive ketones (excluding diaryl/α,β-unsaturated/α-hetero) is 1. The van der Waals surface area contributed by atoms with E-state index in [0.717, 1.165) is 0 Å². The number of nitrogen functional groups attached to an aromatic ring is 1. The van der Waals surface area contributed by atoms with E-state index in [0.29, 0.717) is 30.8 Å². The number of aromatic nitrogens is 4. The van der Waals surface area contributed by atoms with Gasteiger partial charge in [0.25, 0.3) is 5.91 Å². The fourth-order valence-corrected chi connectivity index (χ4v) is 3.50. The molecular weight excluding hydrogens is 363 g/mol. The first-order chi connectivity index (χ1) is 13.5. The molecule has 9 heteroatoms. The Hall–Kier alpha value is -3.49. The van der Waals surface area contributed by atoms with Crippen molar-refractivity contribution < 1.29 is 14.0 Å². The maximum atomic E-state index is 13.5. The Balaban J connectivity index is 1.61. The normalized spacial score (nSPS) is 16.5. The number of carbonyl (C=O) groups is 2. The average molecular weight is 382 g/mol.